The molecule has 0 atom stereocenters. The largest absolute Gasteiger partial charge is 0.0622 e. The molecule has 90 valence electrons. The van der Waals surface area contributed by atoms with E-state index in [-0.39, 0.29) is 0 Å². The van der Waals surface area contributed by atoms with Gasteiger partial charge in [-0.2, -0.15) is 0 Å². The van der Waals surface area contributed by atoms with E-state index in [9.17, 15) is 0 Å². The summed E-state index contributed by atoms with van der Waals surface area (Å²) in [7, 11) is 0. The monoisotopic (exact) mass is 234 g/mol. The van der Waals surface area contributed by atoms with Crippen LogP contribution in [0.25, 0.3) is 12.2 Å². The van der Waals surface area contributed by atoms with E-state index in [4.69, 9.17) is 0 Å². The smallest absolute Gasteiger partial charge is 0.0227 e. The summed E-state index contributed by atoms with van der Waals surface area (Å²) in [6.07, 6.45) is 6.52. The third kappa shape index (κ3) is 3.46. The topological polar surface area (TPSA) is 0 Å². The number of hydrogen-bond acceptors (Lipinski definition) is 0. The average Bonchev–Trinajstić information content (AvgIpc) is 2.39. The molecule has 0 heterocycles. The molecule has 0 radical (unpaired) electrons. The van der Waals surface area contributed by atoms with Crippen molar-refractivity contribution in [1.82, 2.24) is 0 Å². The summed E-state index contributed by atoms with van der Waals surface area (Å²) < 4.78 is 0. The molecule has 0 fully saturated rings. The van der Waals surface area contributed by atoms with Crippen molar-refractivity contribution >= 4 is 12.2 Å². The summed E-state index contributed by atoms with van der Waals surface area (Å²) in [5.41, 5.74) is 5.08. The lowest BCUT2D eigenvalue weighted by Gasteiger charge is -1.99. The number of benzene rings is 2. The molecule has 2 aromatic carbocycles. The minimum absolute atomic E-state index is 1.24. The highest BCUT2D eigenvalue weighted by Gasteiger charge is 1.91. The minimum Gasteiger partial charge on any atom is -0.0622 e. The molecule has 0 nitrogen and oxygen atoms in total. The molecule has 0 spiro atoms. The van der Waals surface area contributed by atoms with Crippen LogP contribution in [0.2, 0.25) is 0 Å². The summed E-state index contributed by atoms with van der Waals surface area (Å²) in [4.78, 5) is 0. The van der Waals surface area contributed by atoms with E-state index in [1.807, 2.05) is 6.07 Å². The third-order valence-electron chi connectivity index (χ3n) is 2.91. The van der Waals surface area contributed by atoms with E-state index in [1.54, 1.807) is 0 Å². The van der Waals surface area contributed by atoms with Gasteiger partial charge in [0.05, 0.1) is 0 Å². The van der Waals surface area contributed by atoms with E-state index in [0.717, 1.165) is 0 Å². The molecule has 0 N–H and O–H groups in total. The first kappa shape index (κ1) is 12.4. The van der Waals surface area contributed by atoms with Gasteiger partial charge in [0.15, 0.2) is 0 Å². The van der Waals surface area contributed by atoms with Crippen LogP contribution in [0.15, 0.2) is 66.2 Å². The maximum Gasteiger partial charge on any atom is -0.0227 e. The molecule has 0 aliphatic carbocycles. The average molecular weight is 234 g/mol. The van der Waals surface area contributed by atoms with Gasteiger partial charge in [-0.15, -0.1) is 0 Å². The van der Waals surface area contributed by atoms with Gasteiger partial charge in [0.25, 0.3) is 0 Å². The molecule has 0 amide bonds. The van der Waals surface area contributed by atoms with Gasteiger partial charge in [-0.1, -0.05) is 78.4 Å². The molecule has 0 bridgehead atoms. The fourth-order valence-corrected chi connectivity index (χ4v) is 1.86. The van der Waals surface area contributed by atoms with Gasteiger partial charge < -0.3 is 0 Å². The van der Waals surface area contributed by atoms with Crippen molar-refractivity contribution in [2.45, 2.75) is 13.8 Å². The third-order valence-corrected chi connectivity index (χ3v) is 2.91. The van der Waals surface area contributed by atoms with Crippen molar-refractivity contribution in [3.8, 4) is 0 Å². The summed E-state index contributed by atoms with van der Waals surface area (Å²) in [6.45, 7) is 4.26. The molecule has 18 heavy (non-hydrogen) atoms. The second-order valence-corrected chi connectivity index (χ2v) is 4.49. The van der Waals surface area contributed by atoms with Crippen LogP contribution in [0, 0.1) is 6.92 Å². The van der Waals surface area contributed by atoms with Crippen LogP contribution in [0.4, 0.5) is 0 Å². The lowest BCUT2D eigenvalue weighted by molar-refractivity contribution is 1.44. The summed E-state index contributed by atoms with van der Waals surface area (Å²) >= 11 is 0. The van der Waals surface area contributed by atoms with Crippen LogP contribution < -0.4 is 0 Å². The Bertz CT molecular complexity index is 560. The predicted molar refractivity (Wildman–Crippen MR) is 80.3 cm³/mol. The first-order valence-electron chi connectivity index (χ1n) is 6.23. The van der Waals surface area contributed by atoms with Crippen LogP contribution >= 0.6 is 0 Å². The van der Waals surface area contributed by atoms with Crippen LogP contribution in [-0.4, -0.2) is 0 Å². The molecule has 0 heteroatoms. The summed E-state index contributed by atoms with van der Waals surface area (Å²) in [5, 5.41) is 0. The predicted octanol–water partition coefficient (Wildman–Crippen LogP) is 5.11. The number of aryl methyl sites for hydroxylation is 1. The van der Waals surface area contributed by atoms with E-state index in [1.165, 1.54) is 22.3 Å². The SMILES string of the molecule is CC(/C=C\c1ccccc1C)=C\c1ccccc1. The molecule has 0 aromatic heterocycles. The highest BCUT2D eigenvalue weighted by Crippen LogP contribution is 2.12. The van der Waals surface area contributed by atoms with Crippen LogP contribution in [0.5, 0.6) is 0 Å². The maximum absolute atomic E-state index is 2.19. The van der Waals surface area contributed by atoms with E-state index >= 15 is 0 Å². The molecule has 2 rings (SSSR count). The van der Waals surface area contributed by atoms with Gasteiger partial charge in [-0.25, -0.2) is 0 Å². The number of hydrogen-bond donors (Lipinski definition) is 0. The molecule has 0 aliphatic heterocycles. The first-order chi connectivity index (χ1) is 8.75. The Morgan fingerprint density at radius 3 is 2.28 bits per heavy atom. The molecular formula is C18H18. The van der Waals surface area contributed by atoms with Crippen LogP contribution in [0.1, 0.15) is 23.6 Å². The standard InChI is InChI=1S/C18H18/c1-15(14-17-9-4-3-5-10-17)12-13-18-11-7-6-8-16(18)2/h3-14H,1-2H3/b13-12-,15-14+. The molecular weight excluding hydrogens is 216 g/mol. The van der Waals surface area contributed by atoms with Gasteiger partial charge in [0.1, 0.15) is 0 Å². The Morgan fingerprint density at radius 2 is 1.56 bits per heavy atom. The number of rotatable bonds is 3. The Balaban J connectivity index is 2.15. The molecule has 0 aliphatic rings. The minimum atomic E-state index is 1.24. The zero-order valence-electron chi connectivity index (χ0n) is 10.9. The molecule has 0 unspecified atom stereocenters. The normalized spacial score (nSPS) is 12.0. The quantitative estimate of drug-likeness (QED) is 0.647. The van der Waals surface area contributed by atoms with Gasteiger partial charge in [0, 0.05) is 0 Å². The van der Waals surface area contributed by atoms with Gasteiger partial charge in [-0.3, -0.25) is 0 Å². The van der Waals surface area contributed by atoms with Gasteiger partial charge in [-0.05, 0) is 30.5 Å². The Labute approximate surface area is 109 Å². The van der Waals surface area contributed by atoms with Crippen LogP contribution in [-0.2, 0) is 0 Å². The Hall–Kier alpha value is -2.08. The lowest BCUT2D eigenvalue weighted by atomic mass is 10.1. The van der Waals surface area contributed by atoms with Gasteiger partial charge >= 0.3 is 0 Å². The number of allylic oxidation sites excluding steroid dienone is 2. The highest BCUT2D eigenvalue weighted by molar-refractivity contribution is 5.62. The fourth-order valence-electron chi connectivity index (χ4n) is 1.86. The summed E-state index contributed by atoms with van der Waals surface area (Å²) in [5.74, 6) is 0. The highest BCUT2D eigenvalue weighted by atomic mass is 14.0. The summed E-state index contributed by atoms with van der Waals surface area (Å²) in [6, 6.07) is 18.8. The van der Waals surface area contributed by atoms with Crippen molar-refractivity contribution in [1.29, 1.82) is 0 Å². The van der Waals surface area contributed by atoms with Gasteiger partial charge in [0.2, 0.25) is 0 Å². The lowest BCUT2D eigenvalue weighted by Crippen LogP contribution is -1.78. The van der Waals surface area contributed by atoms with E-state index in [2.05, 4.69) is 80.6 Å². The van der Waals surface area contributed by atoms with Crippen molar-refractivity contribution in [2.24, 2.45) is 0 Å². The zero-order chi connectivity index (χ0) is 12.8. The van der Waals surface area contributed by atoms with Crippen molar-refractivity contribution in [3.63, 3.8) is 0 Å². The van der Waals surface area contributed by atoms with Crippen molar-refractivity contribution in [3.05, 3.63) is 82.9 Å². The van der Waals surface area contributed by atoms with Crippen molar-refractivity contribution < 1.29 is 0 Å². The zero-order valence-corrected chi connectivity index (χ0v) is 10.9. The second-order valence-electron chi connectivity index (χ2n) is 4.49. The van der Waals surface area contributed by atoms with Crippen LogP contribution in [0.3, 0.4) is 0 Å². The molecule has 0 saturated heterocycles. The molecule has 2 aromatic rings. The van der Waals surface area contributed by atoms with E-state index in [0.29, 0.717) is 0 Å². The maximum atomic E-state index is 2.19. The first-order valence-corrected chi connectivity index (χ1v) is 6.23. The Kier molecular flexibility index (Phi) is 4.14. The Morgan fingerprint density at radius 1 is 0.889 bits per heavy atom. The molecule has 0 saturated carbocycles. The van der Waals surface area contributed by atoms with E-state index < -0.39 is 0 Å². The van der Waals surface area contributed by atoms with Crippen molar-refractivity contribution in [2.75, 3.05) is 0 Å². The second kappa shape index (κ2) is 6.02. The fraction of sp³-hybridized carbons (Fsp3) is 0.111.